The number of nitrogens with zero attached hydrogens (tertiary/aromatic N) is 1. The van der Waals surface area contributed by atoms with E-state index in [9.17, 15) is 9.90 Å². The minimum atomic E-state index is -0.840. The number of para-hydroxylation sites is 1. The van der Waals surface area contributed by atoms with Crippen molar-refractivity contribution in [1.29, 1.82) is 0 Å². The molecule has 5 nitrogen and oxygen atoms in total. The number of aliphatic carboxylic acids is 1. The number of rotatable bonds is 3. The van der Waals surface area contributed by atoms with Gasteiger partial charge in [0.1, 0.15) is 11.6 Å². The third-order valence-electron chi connectivity index (χ3n) is 3.46. The van der Waals surface area contributed by atoms with E-state index in [1.807, 2.05) is 29.2 Å². The van der Waals surface area contributed by atoms with Gasteiger partial charge in [-0.15, -0.1) is 0 Å². The molecule has 0 saturated carbocycles. The second-order valence-electron chi connectivity index (χ2n) is 4.66. The number of carboxylic acids is 1. The Bertz CT molecular complexity index is 592. The summed E-state index contributed by atoms with van der Waals surface area (Å²) in [5, 5.41) is 10.2. The van der Waals surface area contributed by atoms with Crippen molar-refractivity contribution in [2.24, 2.45) is 0 Å². The molecule has 0 radical (unpaired) electrons. The van der Waals surface area contributed by atoms with Crippen LogP contribution >= 0.6 is 0 Å². The maximum Gasteiger partial charge on any atom is 0.323 e. The standard InChI is InChI=1S/C14H15NO4/c16-14(17)12-9-18-6-5-15(12)7-10-8-19-13-4-2-1-3-11(10)13/h1-4,8,12H,5-7,9H2,(H,16,17). The predicted molar refractivity (Wildman–Crippen MR) is 68.9 cm³/mol. The molecule has 2 heterocycles. The number of morpholine rings is 1. The molecule has 1 aromatic carbocycles. The molecule has 3 rings (SSSR count). The van der Waals surface area contributed by atoms with E-state index in [0.717, 1.165) is 16.5 Å². The molecule has 0 bridgehead atoms. The molecule has 1 N–H and O–H groups in total. The van der Waals surface area contributed by atoms with Gasteiger partial charge in [0.2, 0.25) is 0 Å². The Morgan fingerprint density at radius 2 is 2.26 bits per heavy atom. The van der Waals surface area contributed by atoms with Gasteiger partial charge >= 0.3 is 5.97 Å². The fourth-order valence-electron chi connectivity index (χ4n) is 2.43. The first-order chi connectivity index (χ1) is 9.25. The van der Waals surface area contributed by atoms with Gasteiger partial charge in [0.05, 0.1) is 19.5 Å². The van der Waals surface area contributed by atoms with E-state index in [1.54, 1.807) is 6.26 Å². The lowest BCUT2D eigenvalue weighted by Crippen LogP contribution is -2.49. The van der Waals surface area contributed by atoms with E-state index >= 15 is 0 Å². The Labute approximate surface area is 110 Å². The van der Waals surface area contributed by atoms with Crippen molar-refractivity contribution in [3.05, 3.63) is 36.1 Å². The second-order valence-corrected chi connectivity index (χ2v) is 4.66. The normalized spacial score (nSPS) is 20.7. The summed E-state index contributed by atoms with van der Waals surface area (Å²) in [7, 11) is 0. The predicted octanol–water partition coefficient (Wildman–Crippen LogP) is 1.72. The van der Waals surface area contributed by atoms with Crippen LogP contribution < -0.4 is 0 Å². The van der Waals surface area contributed by atoms with Crippen molar-refractivity contribution in [2.75, 3.05) is 19.8 Å². The van der Waals surface area contributed by atoms with E-state index in [0.29, 0.717) is 19.7 Å². The summed E-state index contributed by atoms with van der Waals surface area (Å²) >= 11 is 0. The van der Waals surface area contributed by atoms with Gasteiger partial charge in [-0.1, -0.05) is 18.2 Å². The number of fused-ring (bicyclic) bond motifs is 1. The maximum atomic E-state index is 11.2. The summed E-state index contributed by atoms with van der Waals surface area (Å²) in [4.78, 5) is 13.1. The van der Waals surface area contributed by atoms with E-state index < -0.39 is 12.0 Å². The molecule has 100 valence electrons. The molecule has 1 aromatic heterocycles. The molecular formula is C14H15NO4. The highest BCUT2D eigenvalue weighted by Gasteiger charge is 2.29. The van der Waals surface area contributed by atoms with E-state index in [4.69, 9.17) is 9.15 Å². The lowest BCUT2D eigenvalue weighted by molar-refractivity contribution is -0.150. The van der Waals surface area contributed by atoms with Crippen molar-refractivity contribution in [1.82, 2.24) is 4.90 Å². The first-order valence-electron chi connectivity index (χ1n) is 6.25. The van der Waals surface area contributed by atoms with Gasteiger partial charge in [0, 0.05) is 24.0 Å². The summed E-state index contributed by atoms with van der Waals surface area (Å²) in [6.07, 6.45) is 1.71. The average molecular weight is 261 g/mol. The molecular weight excluding hydrogens is 246 g/mol. The quantitative estimate of drug-likeness (QED) is 0.911. The summed E-state index contributed by atoms with van der Waals surface area (Å²) in [5.74, 6) is -0.840. The highest BCUT2D eigenvalue weighted by molar-refractivity contribution is 5.81. The molecule has 1 fully saturated rings. The highest BCUT2D eigenvalue weighted by Crippen LogP contribution is 2.23. The van der Waals surface area contributed by atoms with Crippen LogP contribution in [-0.2, 0) is 16.1 Å². The molecule has 1 aliphatic rings. The van der Waals surface area contributed by atoms with Crippen LogP contribution in [0, 0.1) is 0 Å². The molecule has 19 heavy (non-hydrogen) atoms. The van der Waals surface area contributed by atoms with Crippen molar-refractivity contribution >= 4 is 16.9 Å². The topological polar surface area (TPSA) is 62.9 Å². The van der Waals surface area contributed by atoms with Crippen LogP contribution in [0.15, 0.2) is 34.9 Å². The largest absolute Gasteiger partial charge is 0.480 e. The smallest absolute Gasteiger partial charge is 0.323 e. The fraction of sp³-hybridized carbons (Fsp3) is 0.357. The van der Waals surface area contributed by atoms with Crippen LogP contribution in [0.25, 0.3) is 11.0 Å². The van der Waals surface area contributed by atoms with E-state index in [-0.39, 0.29) is 6.61 Å². The lowest BCUT2D eigenvalue weighted by Gasteiger charge is -2.32. The lowest BCUT2D eigenvalue weighted by atomic mass is 10.1. The zero-order chi connectivity index (χ0) is 13.2. The van der Waals surface area contributed by atoms with Crippen LogP contribution in [0.1, 0.15) is 5.56 Å². The number of carboxylic acid groups (broad SMARTS) is 1. The molecule has 1 saturated heterocycles. The number of furan rings is 1. The summed E-state index contributed by atoms with van der Waals surface area (Å²) < 4.78 is 10.7. The van der Waals surface area contributed by atoms with Gasteiger partial charge in [0.25, 0.3) is 0 Å². The first kappa shape index (κ1) is 12.2. The van der Waals surface area contributed by atoms with Crippen molar-refractivity contribution < 1.29 is 19.1 Å². The molecule has 1 aliphatic heterocycles. The minimum Gasteiger partial charge on any atom is -0.480 e. The monoisotopic (exact) mass is 261 g/mol. The van der Waals surface area contributed by atoms with Crippen LogP contribution in [0.3, 0.4) is 0 Å². The van der Waals surface area contributed by atoms with Crippen molar-refractivity contribution in [2.45, 2.75) is 12.6 Å². The summed E-state index contributed by atoms with van der Waals surface area (Å²) in [6.45, 7) is 2.00. The zero-order valence-corrected chi connectivity index (χ0v) is 10.4. The van der Waals surface area contributed by atoms with Gasteiger partial charge in [-0.3, -0.25) is 9.69 Å². The molecule has 0 amide bonds. The zero-order valence-electron chi connectivity index (χ0n) is 10.4. The van der Waals surface area contributed by atoms with Crippen LogP contribution in [0.4, 0.5) is 0 Å². The fourth-order valence-corrected chi connectivity index (χ4v) is 2.43. The SMILES string of the molecule is O=C(O)C1COCCN1Cc1coc2ccccc12. The number of hydrogen-bond donors (Lipinski definition) is 1. The highest BCUT2D eigenvalue weighted by atomic mass is 16.5. The second kappa shape index (κ2) is 5.03. The Kier molecular flexibility index (Phi) is 3.23. The van der Waals surface area contributed by atoms with Crippen molar-refractivity contribution in [3.63, 3.8) is 0 Å². The average Bonchev–Trinajstić information content (AvgIpc) is 2.83. The summed E-state index contributed by atoms with van der Waals surface area (Å²) in [5.41, 5.74) is 1.85. The minimum absolute atomic E-state index is 0.241. The van der Waals surface area contributed by atoms with Crippen molar-refractivity contribution in [3.8, 4) is 0 Å². The molecule has 0 spiro atoms. The van der Waals surface area contributed by atoms with Crippen LogP contribution in [-0.4, -0.2) is 41.8 Å². The number of benzene rings is 1. The molecule has 5 heteroatoms. The Hall–Kier alpha value is -1.85. The van der Waals surface area contributed by atoms with E-state index in [2.05, 4.69) is 0 Å². The van der Waals surface area contributed by atoms with Crippen LogP contribution in [0.5, 0.6) is 0 Å². The third kappa shape index (κ3) is 2.34. The number of carbonyl (C=O) groups is 1. The molecule has 0 aliphatic carbocycles. The van der Waals surface area contributed by atoms with Gasteiger partial charge in [0.15, 0.2) is 0 Å². The van der Waals surface area contributed by atoms with Gasteiger partial charge in [-0.25, -0.2) is 0 Å². The Morgan fingerprint density at radius 3 is 3.11 bits per heavy atom. The maximum absolute atomic E-state index is 11.2. The Balaban J connectivity index is 1.85. The Morgan fingerprint density at radius 1 is 1.42 bits per heavy atom. The molecule has 2 aromatic rings. The van der Waals surface area contributed by atoms with E-state index in [1.165, 1.54) is 0 Å². The number of ether oxygens (including phenoxy) is 1. The van der Waals surface area contributed by atoms with Gasteiger partial charge < -0.3 is 14.3 Å². The molecule has 1 atom stereocenters. The first-order valence-corrected chi connectivity index (χ1v) is 6.25. The third-order valence-corrected chi connectivity index (χ3v) is 3.46. The number of hydrogen-bond acceptors (Lipinski definition) is 4. The summed E-state index contributed by atoms with van der Waals surface area (Å²) in [6, 6.07) is 7.19. The van der Waals surface area contributed by atoms with Gasteiger partial charge in [-0.05, 0) is 6.07 Å². The molecule has 1 unspecified atom stereocenters. The van der Waals surface area contributed by atoms with Crippen LogP contribution in [0.2, 0.25) is 0 Å². The van der Waals surface area contributed by atoms with Gasteiger partial charge in [-0.2, -0.15) is 0 Å².